The molecule has 0 aromatic heterocycles. The number of fused-ring (bicyclic) bond motifs is 5. The van der Waals surface area contributed by atoms with Crippen molar-refractivity contribution in [2.24, 2.45) is 0 Å². The molecular weight excluding hydrogens is 279 g/mol. The molecule has 0 saturated carbocycles. The van der Waals surface area contributed by atoms with E-state index in [0.717, 1.165) is 0 Å². The van der Waals surface area contributed by atoms with E-state index in [-0.39, 0.29) is 0 Å². The topological polar surface area (TPSA) is 0 Å². The van der Waals surface area contributed by atoms with Gasteiger partial charge in [-0.15, -0.1) is 0 Å². The van der Waals surface area contributed by atoms with Crippen LogP contribution in [0.15, 0.2) is 65.7 Å². The lowest BCUT2D eigenvalue weighted by atomic mass is 9.88. The lowest BCUT2D eigenvalue weighted by Gasteiger charge is -2.35. The highest BCUT2D eigenvalue weighted by molar-refractivity contribution is 8.45. The van der Waals surface area contributed by atoms with E-state index < -0.39 is 6.46 Å². The third-order valence-electron chi connectivity index (χ3n) is 4.95. The van der Waals surface area contributed by atoms with Crippen LogP contribution < -0.4 is 5.30 Å². The fraction of sp³-hybridized carbons (Fsp3) is 0.222. The van der Waals surface area contributed by atoms with Crippen LogP contribution in [0.3, 0.4) is 0 Å². The Morgan fingerprint density at radius 1 is 0.750 bits per heavy atom. The molecule has 20 heavy (non-hydrogen) atoms. The molecule has 0 radical (unpaired) electrons. The van der Waals surface area contributed by atoms with E-state index in [9.17, 15) is 0 Å². The van der Waals surface area contributed by atoms with Gasteiger partial charge in [-0.3, -0.25) is 0 Å². The average Bonchev–Trinajstić information content (AvgIpc) is 2.86. The first-order chi connectivity index (χ1) is 9.65. The van der Waals surface area contributed by atoms with Gasteiger partial charge in [-0.05, 0) is 37.1 Å². The van der Waals surface area contributed by atoms with Crippen LogP contribution >= 0.6 is 6.46 Å². The molecule has 2 atom stereocenters. The van der Waals surface area contributed by atoms with Crippen molar-refractivity contribution < 1.29 is 0 Å². The third-order valence-corrected chi connectivity index (χ3v) is 10.8. The highest BCUT2D eigenvalue weighted by Gasteiger charge is 2.58. The molecule has 0 aliphatic carbocycles. The van der Waals surface area contributed by atoms with Gasteiger partial charge in [-0.2, -0.15) is 0 Å². The number of benzene rings is 2. The number of allylic oxidation sites excluding steroid dienone is 2. The summed E-state index contributed by atoms with van der Waals surface area (Å²) in [5, 5.41) is 1.40. The van der Waals surface area contributed by atoms with Crippen molar-refractivity contribution in [2.45, 2.75) is 25.2 Å². The SMILES string of the molecule is CC1=C(C)C2c3ccccc3C1[P+]2([S-])c1ccccc1. The zero-order chi connectivity index (χ0) is 13.9. The minimum Gasteiger partial charge on any atom is -0.549 e. The van der Waals surface area contributed by atoms with Gasteiger partial charge in [0.05, 0.1) is 5.30 Å². The Morgan fingerprint density at radius 3 is 1.70 bits per heavy atom. The molecular formula is C18H17PS. The van der Waals surface area contributed by atoms with Gasteiger partial charge >= 0.3 is 0 Å². The normalized spacial score (nSPS) is 30.8. The van der Waals surface area contributed by atoms with Crippen LogP contribution in [-0.4, -0.2) is 0 Å². The molecule has 2 heterocycles. The molecule has 2 heteroatoms. The van der Waals surface area contributed by atoms with Crippen LogP contribution in [0.1, 0.15) is 36.3 Å². The zero-order valence-electron chi connectivity index (χ0n) is 11.7. The summed E-state index contributed by atoms with van der Waals surface area (Å²) in [4.78, 5) is 0. The van der Waals surface area contributed by atoms with Gasteiger partial charge < -0.3 is 12.2 Å². The smallest absolute Gasteiger partial charge is 0.102 e. The predicted molar refractivity (Wildman–Crippen MR) is 90.7 cm³/mol. The monoisotopic (exact) mass is 296 g/mol. The van der Waals surface area contributed by atoms with E-state index in [1.54, 1.807) is 0 Å². The Morgan fingerprint density at radius 2 is 1.20 bits per heavy atom. The largest absolute Gasteiger partial charge is 0.549 e. The molecule has 100 valence electrons. The predicted octanol–water partition coefficient (Wildman–Crippen LogP) is 4.94. The molecule has 4 rings (SSSR count). The quantitative estimate of drug-likeness (QED) is 0.408. The highest BCUT2D eigenvalue weighted by Crippen LogP contribution is 2.88. The van der Waals surface area contributed by atoms with Gasteiger partial charge in [0.2, 0.25) is 0 Å². The first-order valence-electron chi connectivity index (χ1n) is 7.07. The Kier molecular flexibility index (Phi) is 2.68. The van der Waals surface area contributed by atoms with E-state index >= 15 is 0 Å². The molecule has 0 spiro atoms. The van der Waals surface area contributed by atoms with Crippen molar-refractivity contribution in [2.75, 3.05) is 0 Å². The van der Waals surface area contributed by atoms with Gasteiger partial charge in [0, 0.05) is 11.1 Å². The Labute approximate surface area is 126 Å². The van der Waals surface area contributed by atoms with Crippen molar-refractivity contribution in [1.29, 1.82) is 0 Å². The summed E-state index contributed by atoms with van der Waals surface area (Å²) in [6, 6.07) is 19.8. The van der Waals surface area contributed by atoms with E-state index in [4.69, 9.17) is 12.2 Å². The van der Waals surface area contributed by atoms with Gasteiger partial charge in [-0.1, -0.05) is 48.9 Å². The van der Waals surface area contributed by atoms with E-state index in [2.05, 4.69) is 68.4 Å². The summed E-state index contributed by atoms with van der Waals surface area (Å²) in [6.45, 7) is 2.95. The van der Waals surface area contributed by atoms with Crippen molar-refractivity contribution in [3.63, 3.8) is 0 Å². The Hall–Kier alpha value is -1.04. The molecule has 2 aromatic carbocycles. The molecule has 2 aromatic rings. The van der Waals surface area contributed by atoms with Gasteiger partial charge in [0.1, 0.15) is 11.3 Å². The molecule has 2 bridgehead atoms. The van der Waals surface area contributed by atoms with Gasteiger partial charge in [0.15, 0.2) is 0 Å². The van der Waals surface area contributed by atoms with E-state index in [1.807, 2.05) is 0 Å². The molecule has 0 nitrogen and oxygen atoms in total. The number of rotatable bonds is 1. The maximum atomic E-state index is 6.37. The molecule has 2 aliphatic heterocycles. The molecule has 0 N–H and O–H groups in total. The summed E-state index contributed by atoms with van der Waals surface area (Å²) in [6.07, 6.45) is 0. The van der Waals surface area contributed by atoms with Crippen LogP contribution in [-0.2, 0) is 12.2 Å². The second-order valence-corrected chi connectivity index (χ2v) is 10.6. The minimum absolute atomic E-state index is 0.473. The first-order valence-corrected chi connectivity index (χ1v) is 10.0. The molecule has 2 aliphatic rings. The first kappa shape index (κ1) is 12.7. The van der Waals surface area contributed by atoms with Crippen LogP contribution in [0.2, 0.25) is 0 Å². The van der Waals surface area contributed by atoms with Crippen molar-refractivity contribution in [3.8, 4) is 0 Å². The molecule has 0 saturated heterocycles. The lowest BCUT2D eigenvalue weighted by molar-refractivity contribution is 0.987. The van der Waals surface area contributed by atoms with Crippen LogP contribution in [0.5, 0.6) is 0 Å². The summed E-state index contributed by atoms with van der Waals surface area (Å²) in [7, 11) is 0. The third kappa shape index (κ3) is 1.38. The van der Waals surface area contributed by atoms with Gasteiger partial charge in [-0.25, -0.2) is 0 Å². The summed E-state index contributed by atoms with van der Waals surface area (Å²) in [5.41, 5.74) is 6.99. The van der Waals surface area contributed by atoms with Crippen molar-refractivity contribution in [3.05, 3.63) is 76.9 Å². The zero-order valence-corrected chi connectivity index (χ0v) is 13.4. The van der Waals surface area contributed by atoms with Crippen molar-refractivity contribution >= 4 is 24.0 Å². The average molecular weight is 296 g/mol. The van der Waals surface area contributed by atoms with Gasteiger partial charge in [0.25, 0.3) is 0 Å². The highest BCUT2D eigenvalue weighted by atomic mass is 32.7. The fourth-order valence-electron chi connectivity index (χ4n) is 4.00. The minimum atomic E-state index is -1.63. The molecule has 0 fully saturated rings. The lowest BCUT2D eigenvalue weighted by Crippen LogP contribution is -2.12. The van der Waals surface area contributed by atoms with Crippen LogP contribution in [0, 0.1) is 0 Å². The van der Waals surface area contributed by atoms with Crippen LogP contribution in [0.25, 0.3) is 0 Å². The second kappa shape index (κ2) is 4.23. The Balaban J connectivity index is 1.99. The molecule has 2 unspecified atom stereocenters. The van der Waals surface area contributed by atoms with Crippen LogP contribution in [0.4, 0.5) is 0 Å². The summed E-state index contributed by atoms with van der Waals surface area (Å²) < 4.78 is 0. The summed E-state index contributed by atoms with van der Waals surface area (Å²) in [5.74, 6) is 0. The number of hydrogen-bond donors (Lipinski definition) is 0. The van der Waals surface area contributed by atoms with E-state index in [0.29, 0.717) is 11.3 Å². The maximum absolute atomic E-state index is 6.37. The Bertz CT molecular complexity index is 678. The van der Waals surface area contributed by atoms with Crippen molar-refractivity contribution in [1.82, 2.24) is 0 Å². The summed E-state index contributed by atoms with van der Waals surface area (Å²) >= 11 is 6.37. The second-order valence-electron chi connectivity index (χ2n) is 5.84. The fourth-order valence-corrected chi connectivity index (χ4v) is 10.4. The molecule has 0 amide bonds. The van der Waals surface area contributed by atoms with E-state index in [1.165, 1.54) is 27.6 Å². The standard InChI is InChI=1S/C18H17PS/c1-12-13(2)18-16-11-7-6-10-15(16)17(12)19(18,20)14-8-4-3-5-9-14/h3-11,17-18H,1-2H3. The maximum Gasteiger partial charge on any atom is 0.102 e. The number of hydrogen-bond acceptors (Lipinski definition) is 1.